The summed E-state index contributed by atoms with van der Waals surface area (Å²) in [5.74, 6) is 0.237. The Morgan fingerprint density at radius 2 is 1.50 bits per heavy atom. The lowest BCUT2D eigenvalue weighted by Gasteiger charge is -2.07. The molecule has 2 amide bonds. The molecule has 26 heavy (non-hydrogen) atoms. The first kappa shape index (κ1) is 18.0. The van der Waals surface area contributed by atoms with E-state index in [1.807, 2.05) is 0 Å². The molecule has 0 aliphatic carbocycles. The second-order valence-electron chi connectivity index (χ2n) is 5.44. The Morgan fingerprint density at radius 3 is 2.04 bits per heavy atom. The van der Waals surface area contributed by atoms with Crippen LogP contribution in [0.4, 0.5) is 11.5 Å². The van der Waals surface area contributed by atoms with Crippen LogP contribution >= 0.6 is 23.2 Å². The standard InChI is InChI=1S/C18H13Cl2N3O3/c1-10-8-16(23-26-10)22-18(25)12-4-2-11(3-5-12)17(24)21-13-6-7-14(19)15(20)9-13/h2-9H,1H3,(H,21,24)(H,22,23,25). The van der Waals surface area contributed by atoms with E-state index in [-0.39, 0.29) is 11.8 Å². The normalized spacial score (nSPS) is 10.4. The maximum absolute atomic E-state index is 12.3. The number of hydrogen-bond acceptors (Lipinski definition) is 4. The molecule has 0 saturated heterocycles. The maximum Gasteiger partial charge on any atom is 0.256 e. The number of anilines is 2. The molecule has 132 valence electrons. The van der Waals surface area contributed by atoms with Crippen LogP contribution in [0.25, 0.3) is 0 Å². The van der Waals surface area contributed by atoms with Crippen LogP contribution in [0.15, 0.2) is 53.1 Å². The zero-order valence-electron chi connectivity index (χ0n) is 13.5. The average Bonchev–Trinajstić information content (AvgIpc) is 3.03. The summed E-state index contributed by atoms with van der Waals surface area (Å²) in [5, 5.41) is 9.77. The van der Waals surface area contributed by atoms with Crippen LogP contribution < -0.4 is 10.6 Å². The zero-order valence-corrected chi connectivity index (χ0v) is 15.1. The first-order chi connectivity index (χ1) is 12.4. The number of amides is 2. The summed E-state index contributed by atoms with van der Waals surface area (Å²) in [4.78, 5) is 24.4. The van der Waals surface area contributed by atoms with Crippen molar-refractivity contribution >= 4 is 46.5 Å². The van der Waals surface area contributed by atoms with Crippen LogP contribution in [0.2, 0.25) is 10.0 Å². The molecule has 6 nitrogen and oxygen atoms in total. The predicted molar refractivity (Wildman–Crippen MR) is 100 cm³/mol. The summed E-state index contributed by atoms with van der Waals surface area (Å²) < 4.78 is 4.89. The highest BCUT2D eigenvalue weighted by Gasteiger charge is 2.11. The van der Waals surface area contributed by atoms with Gasteiger partial charge in [-0.05, 0) is 49.4 Å². The SMILES string of the molecule is Cc1cc(NC(=O)c2ccc(C(=O)Nc3ccc(Cl)c(Cl)c3)cc2)no1. The van der Waals surface area contributed by atoms with Crippen LogP contribution in [0.1, 0.15) is 26.5 Å². The van der Waals surface area contributed by atoms with E-state index in [1.54, 1.807) is 55.5 Å². The van der Waals surface area contributed by atoms with Crippen LogP contribution in [0.5, 0.6) is 0 Å². The van der Waals surface area contributed by atoms with Gasteiger partial charge in [-0.25, -0.2) is 0 Å². The van der Waals surface area contributed by atoms with Crippen molar-refractivity contribution in [3.05, 3.63) is 75.5 Å². The Kier molecular flexibility index (Phi) is 5.25. The van der Waals surface area contributed by atoms with Gasteiger partial charge < -0.3 is 15.2 Å². The minimum absolute atomic E-state index is 0.328. The van der Waals surface area contributed by atoms with Crippen LogP contribution in [-0.2, 0) is 0 Å². The summed E-state index contributed by atoms with van der Waals surface area (Å²) in [7, 11) is 0. The van der Waals surface area contributed by atoms with Gasteiger partial charge in [-0.3, -0.25) is 9.59 Å². The number of aromatic nitrogens is 1. The smallest absolute Gasteiger partial charge is 0.256 e. The van der Waals surface area contributed by atoms with Gasteiger partial charge in [0, 0.05) is 22.9 Å². The number of benzene rings is 2. The van der Waals surface area contributed by atoms with Crippen molar-refractivity contribution < 1.29 is 14.1 Å². The highest BCUT2D eigenvalue weighted by Crippen LogP contribution is 2.25. The fourth-order valence-electron chi connectivity index (χ4n) is 2.16. The lowest BCUT2D eigenvalue weighted by molar-refractivity contribution is 0.101. The topological polar surface area (TPSA) is 84.2 Å². The van der Waals surface area contributed by atoms with E-state index in [0.29, 0.717) is 38.4 Å². The van der Waals surface area contributed by atoms with Gasteiger partial charge in [0.25, 0.3) is 11.8 Å². The average molecular weight is 390 g/mol. The van der Waals surface area contributed by atoms with Crippen molar-refractivity contribution in [3.8, 4) is 0 Å². The highest BCUT2D eigenvalue weighted by molar-refractivity contribution is 6.42. The van der Waals surface area contributed by atoms with E-state index in [0.717, 1.165) is 0 Å². The fourth-order valence-corrected chi connectivity index (χ4v) is 2.46. The Labute approximate surface area is 159 Å². The molecule has 0 spiro atoms. The van der Waals surface area contributed by atoms with Crippen molar-refractivity contribution in [3.63, 3.8) is 0 Å². The van der Waals surface area contributed by atoms with Gasteiger partial charge in [-0.2, -0.15) is 0 Å². The number of hydrogen-bond donors (Lipinski definition) is 2. The second-order valence-corrected chi connectivity index (χ2v) is 6.25. The lowest BCUT2D eigenvalue weighted by Crippen LogP contribution is -2.14. The van der Waals surface area contributed by atoms with E-state index in [2.05, 4.69) is 15.8 Å². The molecule has 0 atom stereocenters. The third-order valence-electron chi connectivity index (χ3n) is 3.46. The molecule has 3 rings (SSSR count). The first-order valence-electron chi connectivity index (χ1n) is 7.53. The summed E-state index contributed by atoms with van der Waals surface area (Å²) >= 11 is 11.8. The predicted octanol–water partition coefficient (Wildman–Crippen LogP) is 4.79. The van der Waals surface area contributed by atoms with Crippen molar-refractivity contribution in [2.45, 2.75) is 6.92 Å². The largest absolute Gasteiger partial charge is 0.360 e. The molecule has 0 radical (unpaired) electrons. The lowest BCUT2D eigenvalue weighted by atomic mass is 10.1. The number of aryl methyl sites for hydroxylation is 1. The van der Waals surface area contributed by atoms with Crippen LogP contribution in [-0.4, -0.2) is 17.0 Å². The third kappa shape index (κ3) is 4.22. The first-order valence-corrected chi connectivity index (χ1v) is 8.29. The monoisotopic (exact) mass is 389 g/mol. The Morgan fingerprint density at radius 1 is 0.885 bits per heavy atom. The Hall–Kier alpha value is -2.83. The van der Waals surface area contributed by atoms with E-state index in [9.17, 15) is 9.59 Å². The van der Waals surface area contributed by atoms with Crippen LogP contribution in [0, 0.1) is 6.92 Å². The highest BCUT2D eigenvalue weighted by atomic mass is 35.5. The quantitative estimate of drug-likeness (QED) is 0.671. The number of carbonyl (C=O) groups excluding carboxylic acids is 2. The summed E-state index contributed by atoms with van der Waals surface area (Å²) in [6.07, 6.45) is 0. The summed E-state index contributed by atoms with van der Waals surface area (Å²) in [6.45, 7) is 1.73. The van der Waals surface area contributed by atoms with Crippen molar-refractivity contribution in [1.29, 1.82) is 0 Å². The van der Waals surface area contributed by atoms with Gasteiger partial charge in [-0.15, -0.1) is 0 Å². The van der Waals surface area contributed by atoms with E-state index >= 15 is 0 Å². The van der Waals surface area contributed by atoms with Gasteiger partial charge in [0.05, 0.1) is 10.0 Å². The third-order valence-corrected chi connectivity index (χ3v) is 4.20. The van der Waals surface area contributed by atoms with E-state index in [4.69, 9.17) is 27.7 Å². The number of carbonyl (C=O) groups is 2. The van der Waals surface area contributed by atoms with E-state index < -0.39 is 0 Å². The molecule has 0 saturated carbocycles. The van der Waals surface area contributed by atoms with Crippen molar-refractivity contribution in [2.75, 3.05) is 10.6 Å². The number of halogens is 2. The van der Waals surface area contributed by atoms with E-state index in [1.165, 1.54) is 0 Å². The molecule has 0 aliphatic rings. The van der Waals surface area contributed by atoms with Gasteiger partial charge >= 0.3 is 0 Å². The minimum atomic E-state index is -0.352. The van der Waals surface area contributed by atoms with Crippen LogP contribution in [0.3, 0.4) is 0 Å². The molecule has 1 heterocycles. The molecule has 3 aromatic rings. The molecular weight excluding hydrogens is 377 g/mol. The van der Waals surface area contributed by atoms with Gasteiger partial charge in [-0.1, -0.05) is 28.4 Å². The molecule has 0 fully saturated rings. The maximum atomic E-state index is 12.3. The molecule has 8 heteroatoms. The molecule has 0 bridgehead atoms. The molecule has 2 N–H and O–H groups in total. The van der Waals surface area contributed by atoms with Crippen molar-refractivity contribution in [2.24, 2.45) is 0 Å². The molecule has 0 unspecified atom stereocenters. The van der Waals surface area contributed by atoms with Gasteiger partial charge in [0.1, 0.15) is 5.76 Å². The zero-order chi connectivity index (χ0) is 18.7. The molecule has 0 aliphatic heterocycles. The minimum Gasteiger partial charge on any atom is -0.360 e. The number of rotatable bonds is 4. The van der Waals surface area contributed by atoms with Gasteiger partial charge in [0.15, 0.2) is 5.82 Å². The number of nitrogens with zero attached hydrogens (tertiary/aromatic N) is 1. The Bertz CT molecular complexity index is 968. The molecule has 1 aromatic heterocycles. The van der Waals surface area contributed by atoms with Crippen molar-refractivity contribution in [1.82, 2.24) is 5.16 Å². The second kappa shape index (κ2) is 7.59. The number of nitrogens with one attached hydrogen (secondary N) is 2. The summed E-state index contributed by atoms with van der Waals surface area (Å²) in [6, 6.07) is 12.6. The summed E-state index contributed by atoms with van der Waals surface area (Å²) in [5.41, 5.74) is 1.30. The van der Waals surface area contributed by atoms with Gasteiger partial charge in [0.2, 0.25) is 0 Å². The molecular formula is C18H13Cl2N3O3. The Balaban J connectivity index is 1.67. The fraction of sp³-hybridized carbons (Fsp3) is 0.0556. The molecule has 2 aromatic carbocycles.